The molecule has 1 N–H and O–H groups in total. The van der Waals surface area contributed by atoms with Crippen molar-refractivity contribution in [2.75, 3.05) is 13.2 Å². The number of ether oxygens (including phenoxy) is 2. The predicted molar refractivity (Wildman–Crippen MR) is 71.4 cm³/mol. The third-order valence-electron chi connectivity index (χ3n) is 2.98. The Balaban J connectivity index is 2.06. The highest BCUT2D eigenvalue weighted by Gasteiger charge is 2.24. The summed E-state index contributed by atoms with van der Waals surface area (Å²) in [6, 6.07) is 0. The Bertz CT molecular complexity index is 203. The number of rotatable bonds is 5. The minimum absolute atomic E-state index is 0.210. The monoisotopic (exact) mass is 243 g/mol. The number of hydrogen-bond acceptors (Lipinski definition) is 3. The van der Waals surface area contributed by atoms with Crippen molar-refractivity contribution in [1.82, 2.24) is 5.32 Å². The lowest BCUT2D eigenvalue weighted by molar-refractivity contribution is -0.102. The fourth-order valence-electron chi connectivity index (χ4n) is 2.27. The first-order valence-corrected chi connectivity index (χ1v) is 6.89. The van der Waals surface area contributed by atoms with Crippen LogP contribution in [0, 0.1) is 0 Å². The first-order chi connectivity index (χ1) is 7.87. The normalized spacial score (nSPS) is 30.5. The molecule has 1 fully saturated rings. The first kappa shape index (κ1) is 14.9. The predicted octanol–water partition coefficient (Wildman–Crippen LogP) is 2.74. The van der Waals surface area contributed by atoms with E-state index in [1.165, 1.54) is 0 Å². The maximum atomic E-state index is 5.92. The van der Waals surface area contributed by atoms with Gasteiger partial charge in [-0.3, -0.25) is 0 Å². The van der Waals surface area contributed by atoms with Gasteiger partial charge in [0.05, 0.1) is 18.3 Å². The Morgan fingerprint density at radius 2 is 1.76 bits per heavy atom. The molecule has 0 aliphatic carbocycles. The van der Waals surface area contributed by atoms with Gasteiger partial charge in [-0.05, 0) is 60.4 Å². The van der Waals surface area contributed by atoms with Crippen LogP contribution in [0.5, 0.6) is 0 Å². The van der Waals surface area contributed by atoms with Crippen LogP contribution in [-0.4, -0.2) is 37.0 Å². The third kappa shape index (κ3) is 7.02. The molecule has 1 aliphatic heterocycles. The van der Waals surface area contributed by atoms with Crippen LogP contribution in [0.15, 0.2) is 0 Å². The molecule has 1 heterocycles. The van der Waals surface area contributed by atoms with E-state index in [1.807, 2.05) is 0 Å². The quantitative estimate of drug-likeness (QED) is 0.753. The van der Waals surface area contributed by atoms with E-state index in [0.29, 0.717) is 18.3 Å². The third-order valence-corrected chi connectivity index (χ3v) is 2.98. The Kier molecular flexibility index (Phi) is 5.90. The summed E-state index contributed by atoms with van der Waals surface area (Å²) in [6.45, 7) is 12.7. The summed E-state index contributed by atoms with van der Waals surface area (Å²) in [4.78, 5) is 0. The van der Waals surface area contributed by atoms with Crippen molar-refractivity contribution in [3.63, 3.8) is 0 Å². The topological polar surface area (TPSA) is 30.5 Å². The van der Waals surface area contributed by atoms with Gasteiger partial charge in [-0.25, -0.2) is 0 Å². The second-order valence-corrected chi connectivity index (χ2v) is 6.25. The molecule has 0 aromatic heterocycles. The summed E-state index contributed by atoms with van der Waals surface area (Å²) in [5.41, 5.74) is 0.210. The standard InChI is InChI=1S/C14H29NO2/c1-11-9-13(10-12(2)17-11)16-8-6-7-15-14(3,4)5/h11-13,15H,6-10H2,1-5H3. The van der Waals surface area contributed by atoms with Crippen molar-refractivity contribution in [3.8, 4) is 0 Å². The Hall–Kier alpha value is -0.120. The fourth-order valence-corrected chi connectivity index (χ4v) is 2.27. The number of nitrogens with one attached hydrogen (secondary N) is 1. The van der Waals surface area contributed by atoms with E-state index in [-0.39, 0.29) is 5.54 Å². The highest BCUT2D eigenvalue weighted by Crippen LogP contribution is 2.21. The molecule has 2 atom stereocenters. The Labute approximate surface area is 106 Å². The van der Waals surface area contributed by atoms with Gasteiger partial charge in [0.25, 0.3) is 0 Å². The van der Waals surface area contributed by atoms with E-state index in [0.717, 1.165) is 32.4 Å². The van der Waals surface area contributed by atoms with Crippen LogP contribution in [0.2, 0.25) is 0 Å². The summed E-state index contributed by atoms with van der Waals surface area (Å²) < 4.78 is 11.6. The summed E-state index contributed by atoms with van der Waals surface area (Å²) in [5.74, 6) is 0. The van der Waals surface area contributed by atoms with E-state index < -0.39 is 0 Å². The van der Waals surface area contributed by atoms with Gasteiger partial charge in [0.1, 0.15) is 0 Å². The van der Waals surface area contributed by atoms with Crippen molar-refractivity contribution in [2.45, 2.75) is 77.7 Å². The van der Waals surface area contributed by atoms with Crippen LogP contribution in [0.1, 0.15) is 53.9 Å². The fraction of sp³-hybridized carbons (Fsp3) is 1.00. The summed E-state index contributed by atoms with van der Waals surface area (Å²) >= 11 is 0. The van der Waals surface area contributed by atoms with Crippen molar-refractivity contribution in [3.05, 3.63) is 0 Å². The highest BCUT2D eigenvalue weighted by molar-refractivity contribution is 4.74. The van der Waals surface area contributed by atoms with Crippen LogP contribution < -0.4 is 5.32 Å². The summed E-state index contributed by atoms with van der Waals surface area (Å²) in [5, 5.41) is 3.47. The minimum atomic E-state index is 0.210. The molecule has 2 unspecified atom stereocenters. The van der Waals surface area contributed by atoms with E-state index >= 15 is 0 Å². The molecule has 1 aliphatic rings. The van der Waals surface area contributed by atoms with Gasteiger partial charge < -0.3 is 14.8 Å². The molecular formula is C14H29NO2. The second-order valence-electron chi connectivity index (χ2n) is 6.25. The SMILES string of the molecule is CC1CC(OCCCNC(C)(C)C)CC(C)O1. The van der Waals surface area contributed by atoms with Gasteiger partial charge in [0, 0.05) is 12.1 Å². The van der Waals surface area contributed by atoms with Crippen molar-refractivity contribution < 1.29 is 9.47 Å². The van der Waals surface area contributed by atoms with Gasteiger partial charge in [-0.1, -0.05) is 0 Å². The van der Waals surface area contributed by atoms with Gasteiger partial charge >= 0.3 is 0 Å². The molecule has 0 aromatic carbocycles. The average Bonchev–Trinajstić information content (AvgIpc) is 2.13. The lowest BCUT2D eigenvalue weighted by atomic mass is 10.0. The van der Waals surface area contributed by atoms with E-state index in [4.69, 9.17) is 9.47 Å². The average molecular weight is 243 g/mol. The molecule has 17 heavy (non-hydrogen) atoms. The number of hydrogen-bond donors (Lipinski definition) is 1. The van der Waals surface area contributed by atoms with Crippen LogP contribution in [0.25, 0.3) is 0 Å². The van der Waals surface area contributed by atoms with Gasteiger partial charge in [0.15, 0.2) is 0 Å². The molecule has 1 rings (SSSR count). The van der Waals surface area contributed by atoms with Gasteiger partial charge in [-0.15, -0.1) is 0 Å². The van der Waals surface area contributed by atoms with Crippen LogP contribution in [-0.2, 0) is 9.47 Å². The summed E-state index contributed by atoms with van der Waals surface area (Å²) in [6.07, 6.45) is 4.24. The molecule has 0 amide bonds. The molecule has 3 heteroatoms. The molecule has 3 nitrogen and oxygen atoms in total. The Morgan fingerprint density at radius 3 is 2.29 bits per heavy atom. The highest BCUT2D eigenvalue weighted by atomic mass is 16.5. The molecular weight excluding hydrogens is 214 g/mol. The lowest BCUT2D eigenvalue weighted by Gasteiger charge is -2.32. The molecule has 0 aromatic rings. The lowest BCUT2D eigenvalue weighted by Crippen LogP contribution is -2.37. The van der Waals surface area contributed by atoms with E-state index in [9.17, 15) is 0 Å². The van der Waals surface area contributed by atoms with Gasteiger partial charge in [0.2, 0.25) is 0 Å². The van der Waals surface area contributed by atoms with Crippen LogP contribution in [0.4, 0.5) is 0 Å². The summed E-state index contributed by atoms with van der Waals surface area (Å²) in [7, 11) is 0. The van der Waals surface area contributed by atoms with Crippen LogP contribution >= 0.6 is 0 Å². The largest absolute Gasteiger partial charge is 0.378 e. The van der Waals surface area contributed by atoms with Crippen molar-refractivity contribution in [2.24, 2.45) is 0 Å². The molecule has 0 bridgehead atoms. The zero-order valence-corrected chi connectivity index (χ0v) is 12.1. The molecule has 0 spiro atoms. The zero-order valence-electron chi connectivity index (χ0n) is 12.1. The van der Waals surface area contributed by atoms with Crippen molar-refractivity contribution >= 4 is 0 Å². The zero-order chi connectivity index (χ0) is 12.9. The maximum Gasteiger partial charge on any atom is 0.0624 e. The van der Waals surface area contributed by atoms with Gasteiger partial charge in [-0.2, -0.15) is 0 Å². The maximum absolute atomic E-state index is 5.92. The second kappa shape index (κ2) is 6.72. The first-order valence-electron chi connectivity index (χ1n) is 6.89. The minimum Gasteiger partial charge on any atom is -0.378 e. The van der Waals surface area contributed by atoms with Crippen LogP contribution in [0.3, 0.4) is 0 Å². The van der Waals surface area contributed by atoms with E-state index in [1.54, 1.807) is 0 Å². The molecule has 0 saturated carbocycles. The van der Waals surface area contributed by atoms with Crippen molar-refractivity contribution in [1.29, 1.82) is 0 Å². The smallest absolute Gasteiger partial charge is 0.0624 e. The molecule has 102 valence electrons. The Morgan fingerprint density at radius 1 is 1.18 bits per heavy atom. The molecule has 1 saturated heterocycles. The molecule has 0 radical (unpaired) electrons. The van der Waals surface area contributed by atoms with E-state index in [2.05, 4.69) is 39.9 Å².